The van der Waals surface area contributed by atoms with Gasteiger partial charge in [0, 0.05) is 13.1 Å². The molecule has 0 unspecified atom stereocenters. The quantitative estimate of drug-likeness (QED) is 0.238. The molecule has 0 amide bonds. The molecule has 4 aromatic carbocycles. The van der Waals surface area contributed by atoms with Crippen LogP contribution >= 0.6 is 0 Å². The molecule has 12 heteroatoms. The largest absolute Gasteiger partial charge is 0.443 e. The molecule has 10 nitrogen and oxygen atoms in total. The van der Waals surface area contributed by atoms with Crippen LogP contribution in [0.2, 0.25) is 0 Å². The molecule has 0 aliphatic rings. The van der Waals surface area contributed by atoms with Gasteiger partial charge in [-0.2, -0.15) is 0 Å². The van der Waals surface area contributed by atoms with Crippen molar-refractivity contribution in [3.8, 4) is 0 Å². The van der Waals surface area contributed by atoms with Gasteiger partial charge >= 0.3 is 0 Å². The number of nitrogens with one attached hydrogen (secondary N) is 2. The molecule has 0 fully saturated rings. The lowest BCUT2D eigenvalue weighted by molar-refractivity contribution is 0.579. The van der Waals surface area contributed by atoms with Crippen molar-refractivity contribution in [2.45, 2.75) is 29.3 Å². The van der Waals surface area contributed by atoms with E-state index in [0.29, 0.717) is 28.6 Å². The average Bonchev–Trinajstić information content (AvgIpc) is 3.65. The lowest BCUT2D eigenvalue weighted by atomic mass is 10.1. The number of oxazole rings is 2. The maximum atomic E-state index is 12.8. The minimum absolute atomic E-state index is 0.113. The number of sulfonamides is 2. The first-order valence-electron chi connectivity index (χ1n) is 12.6. The normalized spacial score (nSPS) is 12.3. The molecule has 0 aliphatic carbocycles. The topological polar surface area (TPSA) is 144 Å². The van der Waals surface area contributed by atoms with E-state index in [1.165, 1.54) is 12.8 Å². The highest BCUT2D eigenvalue weighted by Gasteiger charge is 2.16. The molecule has 208 valence electrons. The first kappa shape index (κ1) is 26.8. The zero-order valence-corrected chi connectivity index (χ0v) is 23.2. The Hall–Kier alpha value is -4.36. The van der Waals surface area contributed by atoms with Gasteiger partial charge in [0.2, 0.25) is 20.0 Å². The Bertz CT molecular complexity index is 1900. The summed E-state index contributed by atoms with van der Waals surface area (Å²) in [5.41, 5.74) is 5.87. The van der Waals surface area contributed by atoms with Gasteiger partial charge in [-0.1, -0.05) is 36.4 Å². The minimum atomic E-state index is -3.72. The second-order valence-electron chi connectivity index (χ2n) is 9.42. The summed E-state index contributed by atoms with van der Waals surface area (Å²) in [6, 6.07) is 23.8. The fraction of sp³-hybridized carbons (Fsp3) is 0.103. The Morgan fingerprint density at radius 2 is 0.927 bits per heavy atom. The molecular weight excluding hydrogens is 564 g/mol. The molecule has 0 aliphatic heterocycles. The Labute approximate surface area is 236 Å². The highest BCUT2D eigenvalue weighted by molar-refractivity contribution is 7.89. The molecule has 0 spiro atoms. The van der Waals surface area contributed by atoms with E-state index >= 15 is 0 Å². The summed E-state index contributed by atoms with van der Waals surface area (Å²) in [4.78, 5) is 8.41. The van der Waals surface area contributed by atoms with Crippen molar-refractivity contribution < 1.29 is 25.7 Å². The van der Waals surface area contributed by atoms with Gasteiger partial charge in [0.15, 0.2) is 24.0 Å². The van der Waals surface area contributed by atoms with Crippen LogP contribution in [0.1, 0.15) is 22.3 Å². The molecule has 2 aromatic heterocycles. The van der Waals surface area contributed by atoms with E-state index in [9.17, 15) is 16.8 Å². The van der Waals surface area contributed by atoms with Crippen molar-refractivity contribution >= 4 is 42.2 Å². The highest BCUT2D eigenvalue weighted by atomic mass is 32.2. The van der Waals surface area contributed by atoms with Crippen LogP contribution in [0.15, 0.2) is 116 Å². The standard InChI is InChI=1S/C29H24N4O6S2/c34-40(35,32-16-22-5-11-26-28(14-22)38-18-30-26)24-7-1-20(2-8-24)13-21-3-9-25(10-4-21)41(36,37)33-17-23-6-12-27-29(15-23)39-19-31-27/h1-12,14-15,18-19,32-33H,13,16-17H2. The summed E-state index contributed by atoms with van der Waals surface area (Å²) in [5, 5.41) is 0. The van der Waals surface area contributed by atoms with Crippen LogP contribution < -0.4 is 9.44 Å². The highest BCUT2D eigenvalue weighted by Crippen LogP contribution is 2.19. The van der Waals surface area contributed by atoms with Crippen LogP contribution in [0.4, 0.5) is 0 Å². The van der Waals surface area contributed by atoms with E-state index in [1.807, 2.05) is 0 Å². The lowest BCUT2D eigenvalue weighted by Crippen LogP contribution is -2.23. The Kier molecular flexibility index (Phi) is 7.14. The molecular formula is C29H24N4O6S2. The van der Waals surface area contributed by atoms with Crippen LogP contribution in [0.3, 0.4) is 0 Å². The molecule has 0 saturated heterocycles. The fourth-order valence-corrected chi connectivity index (χ4v) is 6.39. The molecule has 2 heterocycles. The van der Waals surface area contributed by atoms with E-state index in [1.54, 1.807) is 84.9 Å². The molecule has 0 bridgehead atoms. The van der Waals surface area contributed by atoms with Crippen LogP contribution in [0.5, 0.6) is 0 Å². The first-order valence-corrected chi connectivity index (χ1v) is 15.5. The van der Waals surface area contributed by atoms with Gasteiger partial charge in [-0.15, -0.1) is 0 Å². The Balaban J connectivity index is 1.06. The monoisotopic (exact) mass is 588 g/mol. The van der Waals surface area contributed by atoms with Gasteiger partial charge in [-0.25, -0.2) is 36.2 Å². The van der Waals surface area contributed by atoms with Gasteiger partial charge in [0.1, 0.15) is 11.0 Å². The molecule has 6 rings (SSSR count). The number of aromatic nitrogens is 2. The third-order valence-electron chi connectivity index (χ3n) is 6.60. The van der Waals surface area contributed by atoms with Crippen LogP contribution in [-0.4, -0.2) is 26.8 Å². The van der Waals surface area contributed by atoms with Gasteiger partial charge in [-0.05, 0) is 77.2 Å². The SMILES string of the molecule is O=S(=O)(NCc1ccc2ncoc2c1)c1ccc(Cc2ccc(S(=O)(=O)NCc3ccc4ncoc4c3)cc2)cc1. The van der Waals surface area contributed by atoms with Gasteiger partial charge < -0.3 is 8.83 Å². The summed E-state index contributed by atoms with van der Waals surface area (Å²) >= 11 is 0. The summed E-state index contributed by atoms with van der Waals surface area (Å²) < 4.78 is 66.9. The summed E-state index contributed by atoms with van der Waals surface area (Å²) in [6.07, 6.45) is 3.20. The molecule has 41 heavy (non-hydrogen) atoms. The van der Waals surface area contributed by atoms with Crippen molar-refractivity contribution in [1.82, 2.24) is 19.4 Å². The summed E-state index contributed by atoms with van der Waals surface area (Å²) in [7, 11) is -7.44. The number of rotatable bonds is 10. The predicted molar refractivity (Wildman–Crippen MR) is 152 cm³/mol. The van der Waals surface area contributed by atoms with Gasteiger partial charge in [0.05, 0.1) is 9.79 Å². The zero-order chi connectivity index (χ0) is 28.5. The van der Waals surface area contributed by atoms with Crippen LogP contribution in [-0.2, 0) is 39.6 Å². The summed E-state index contributed by atoms with van der Waals surface area (Å²) in [6.45, 7) is 0.225. The van der Waals surface area contributed by atoms with Gasteiger partial charge in [0.25, 0.3) is 0 Å². The third kappa shape index (κ3) is 6.05. The Morgan fingerprint density at radius 3 is 1.34 bits per heavy atom. The maximum absolute atomic E-state index is 12.8. The van der Waals surface area contributed by atoms with E-state index in [4.69, 9.17) is 8.83 Å². The molecule has 0 radical (unpaired) electrons. The maximum Gasteiger partial charge on any atom is 0.240 e. The number of hydrogen-bond acceptors (Lipinski definition) is 8. The molecule has 0 saturated carbocycles. The van der Waals surface area contributed by atoms with Gasteiger partial charge in [-0.3, -0.25) is 0 Å². The second-order valence-corrected chi connectivity index (χ2v) is 13.0. The van der Waals surface area contributed by atoms with E-state index in [0.717, 1.165) is 22.3 Å². The zero-order valence-electron chi connectivity index (χ0n) is 21.5. The van der Waals surface area contributed by atoms with E-state index < -0.39 is 20.0 Å². The smallest absolute Gasteiger partial charge is 0.240 e. The van der Waals surface area contributed by atoms with Crippen LogP contribution in [0, 0.1) is 0 Å². The lowest BCUT2D eigenvalue weighted by Gasteiger charge is -2.09. The van der Waals surface area contributed by atoms with Crippen molar-refractivity contribution in [2.75, 3.05) is 0 Å². The minimum Gasteiger partial charge on any atom is -0.443 e. The van der Waals surface area contributed by atoms with E-state index in [-0.39, 0.29) is 22.9 Å². The second kappa shape index (κ2) is 10.9. The first-order chi connectivity index (χ1) is 19.7. The average molecular weight is 589 g/mol. The van der Waals surface area contributed by atoms with Crippen molar-refractivity contribution in [3.05, 3.63) is 120 Å². The summed E-state index contributed by atoms with van der Waals surface area (Å²) in [5.74, 6) is 0. The predicted octanol–water partition coefficient (Wildman–Crippen LogP) is 4.52. The fourth-order valence-electron chi connectivity index (χ4n) is 4.35. The molecule has 6 aromatic rings. The molecule has 0 atom stereocenters. The number of fused-ring (bicyclic) bond motifs is 2. The number of hydrogen-bond donors (Lipinski definition) is 2. The van der Waals surface area contributed by atoms with Crippen molar-refractivity contribution in [3.63, 3.8) is 0 Å². The number of benzene rings is 4. The Morgan fingerprint density at radius 1 is 0.537 bits per heavy atom. The number of nitrogens with zero attached hydrogens (tertiary/aromatic N) is 2. The molecule has 2 N–H and O–H groups in total. The van der Waals surface area contributed by atoms with Crippen molar-refractivity contribution in [2.24, 2.45) is 0 Å². The van der Waals surface area contributed by atoms with E-state index in [2.05, 4.69) is 19.4 Å². The third-order valence-corrected chi connectivity index (χ3v) is 9.43. The van der Waals surface area contributed by atoms with Crippen molar-refractivity contribution in [1.29, 1.82) is 0 Å². The van der Waals surface area contributed by atoms with Crippen LogP contribution in [0.25, 0.3) is 22.2 Å².